The topological polar surface area (TPSA) is 172 Å². The maximum Gasteiger partial charge on any atom is 0.335 e. The molecule has 5 N–H and O–H groups in total. The number of carbonyl (C=O) groups excluding carboxylic acids is 2. The van der Waals surface area contributed by atoms with Gasteiger partial charge in [0.25, 0.3) is 0 Å². The monoisotopic (exact) mass is 728 g/mol. The Morgan fingerprint density at radius 2 is 1.85 bits per heavy atom. The van der Waals surface area contributed by atoms with Gasteiger partial charge in [-0.1, -0.05) is 101 Å². The van der Waals surface area contributed by atoms with E-state index in [4.69, 9.17) is 18.9 Å². The highest BCUT2D eigenvalue weighted by molar-refractivity contribution is 5.82. The summed E-state index contributed by atoms with van der Waals surface area (Å²) < 4.78 is 23.7. The lowest BCUT2D eigenvalue weighted by Crippen LogP contribution is -2.55. The number of rotatable bonds is 11. The molecule has 0 aromatic rings. The van der Waals surface area contributed by atoms with E-state index < -0.39 is 71.8 Å². The van der Waals surface area contributed by atoms with Crippen molar-refractivity contribution in [3.05, 3.63) is 84.6 Å². The van der Waals surface area contributed by atoms with Crippen LogP contribution >= 0.6 is 0 Å². The van der Waals surface area contributed by atoms with Gasteiger partial charge in [-0.3, -0.25) is 0 Å². The molecule has 9 atom stereocenters. The standard InChI is InChI=1S/C41H60O11/c1-27(2)21-34(44)29(4)25-49-39(46)33(43)18-13-14-19-36-40(6,26-42)37-23-31(51-36)16-10-7-9-15-28(3)22-35-30(5)41(47,48)24-32(50-35)17-11-8-12-20-38(45)52-37/h8-16,20,22,27,30-37,42-44,47-48H,4,7,17-19,21,23-26H2,1-3,5-6H3/b11-8+,14-13-,15-9+,16-10+,20-12+,28-22-/t30-,31+,32-,33?,34?,35+,36-,37+,40-/m0/s1. The minimum Gasteiger partial charge on any atom is -0.459 e. The summed E-state index contributed by atoms with van der Waals surface area (Å²) in [5.41, 5.74) is 0.325. The van der Waals surface area contributed by atoms with Gasteiger partial charge < -0.3 is 44.5 Å². The van der Waals surface area contributed by atoms with Crippen LogP contribution in [0, 0.1) is 17.3 Å². The van der Waals surface area contributed by atoms with Crippen LogP contribution in [0.15, 0.2) is 84.6 Å². The molecule has 52 heavy (non-hydrogen) atoms. The highest BCUT2D eigenvalue weighted by Crippen LogP contribution is 2.41. The highest BCUT2D eigenvalue weighted by Gasteiger charge is 2.49. The summed E-state index contributed by atoms with van der Waals surface area (Å²) in [5.74, 6) is -3.57. The van der Waals surface area contributed by atoms with Gasteiger partial charge in [-0.05, 0) is 44.1 Å². The second-order valence-corrected chi connectivity index (χ2v) is 15.0. The molecule has 3 aliphatic rings. The molecule has 0 radical (unpaired) electrons. The number of esters is 2. The van der Waals surface area contributed by atoms with Crippen molar-refractivity contribution >= 4 is 11.9 Å². The summed E-state index contributed by atoms with van der Waals surface area (Å²) in [5, 5.41) is 52.4. The molecule has 3 rings (SSSR count). The van der Waals surface area contributed by atoms with Crippen molar-refractivity contribution in [2.24, 2.45) is 17.3 Å². The lowest BCUT2D eigenvalue weighted by atomic mass is 9.73. The van der Waals surface area contributed by atoms with Crippen LogP contribution in [0.25, 0.3) is 0 Å². The summed E-state index contributed by atoms with van der Waals surface area (Å²) in [6.07, 6.45) is 16.8. The van der Waals surface area contributed by atoms with Crippen molar-refractivity contribution in [3.63, 3.8) is 0 Å². The molecular formula is C41H60O11. The van der Waals surface area contributed by atoms with E-state index in [1.165, 1.54) is 6.08 Å². The van der Waals surface area contributed by atoms with Gasteiger partial charge in [0, 0.05) is 31.3 Å². The van der Waals surface area contributed by atoms with Gasteiger partial charge >= 0.3 is 11.9 Å². The van der Waals surface area contributed by atoms with Crippen molar-refractivity contribution in [2.45, 2.75) is 128 Å². The number of hydrogen-bond acceptors (Lipinski definition) is 11. The molecule has 2 fully saturated rings. The van der Waals surface area contributed by atoms with E-state index in [9.17, 15) is 35.1 Å². The van der Waals surface area contributed by atoms with Crippen molar-refractivity contribution < 1.29 is 54.1 Å². The Labute approximate surface area is 308 Å². The summed E-state index contributed by atoms with van der Waals surface area (Å²) in [7, 11) is 0. The highest BCUT2D eigenvalue weighted by atomic mass is 16.6. The van der Waals surface area contributed by atoms with E-state index in [1.54, 1.807) is 44.2 Å². The molecule has 0 aromatic heterocycles. The van der Waals surface area contributed by atoms with Gasteiger partial charge in [0.15, 0.2) is 11.9 Å². The Bertz CT molecular complexity index is 1370. The van der Waals surface area contributed by atoms with E-state index in [0.717, 1.165) is 5.57 Å². The SMILES string of the molecule is C=C(COC(=O)C(O)C/C=C\C[C@@H]1O[C@@H]2/C=C/C/C=C/C(C)=C\[C@H]3O[C@@H](C/C=C/C=C/C(=O)O[C@H](C2)[C@@]1(C)CO)CC(O)(O)[C@H]3C)C(O)CC(C)C. The Hall–Kier alpha value is -3.16. The minimum atomic E-state index is -1.88. The van der Waals surface area contributed by atoms with E-state index >= 15 is 0 Å². The summed E-state index contributed by atoms with van der Waals surface area (Å²) in [6, 6.07) is 0. The zero-order valence-corrected chi connectivity index (χ0v) is 31.3. The van der Waals surface area contributed by atoms with Crippen LogP contribution in [-0.2, 0) is 28.5 Å². The molecule has 0 aliphatic carbocycles. The van der Waals surface area contributed by atoms with Gasteiger partial charge in [-0.2, -0.15) is 0 Å². The molecule has 2 saturated heterocycles. The molecular weight excluding hydrogens is 668 g/mol. The number of fused-ring (bicyclic) bond motifs is 4. The van der Waals surface area contributed by atoms with Crippen LogP contribution in [0.2, 0.25) is 0 Å². The number of allylic oxidation sites excluding steroid dienone is 6. The molecule has 0 aromatic carbocycles. The van der Waals surface area contributed by atoms with Crippen LogP contribution in [0.3, 0.4) is 0 Å². The molecule has 11 heteroatoms. The number of hydrogen-bond donors (Lipinski definition) is 5. The van der Waals surface area contributed by atoms with E-state index in [1.807, 2.05) is 51.2 Å². The predicted molar refractivity (Wildman–Crippen MR) is 197 cm³/mol. The molecule has 0 amide bonds. The normalized spacial score (nSPS) is 34.6. The third kappa shape index (κ3) is 13.1. The van der Waals surface area contributed by atoms with E-state index in [2.05, 4.69) is 6.58 Å². The number of aliphatic hydroxyl groups is 5. The van der Waals surface area contributed by atoms with Crippen molar-refractivity contribution in [1.82, 2.24) is 0 Å². The Morgan fingerprint density at radius 1 is 1.10 bits per heavy atom. The lowest BCUT2D eigenvalue weighted by molar-refractivity contribution is -0.270. The van der Waals surface area contributed by atoms with Gasteiger partial charge in [0.05, 0.1) is 42.5 Å². The molecule has 290 valence electrons. The predicted octanol–water partition coefficient (Wildman–Crippen LogP) is 4.70. The van der Waals surface area contributed by atoms with Crippen LogP contribution in [0.1, 0.15) is 79.6 Å². The summed E-state index contributed by atoms with van der Waals surface area (Å²) >= 11 is 0. The number of aliphatic hydroxyl groups excluding tert-OH is 3. The number of carbonyl (C=O) groups is 2. The maximum atomic E-state index is 13.0. The fourth-order valence-electron chi connectivity index (χ4n) is 6.45. The first-order chi connectivity index (χ1) is 24.5. The average molecular weight is 729 g/mol. The number of ether oxygens (including phenoxy) is 4. The minimum absolute atomic E-state index is 0.0178. The Balaban J connectivity index is 1.72. The van der Waals surface area contributed by atoms with E-state index in [-0.39, 0.29) is 32.0 Å². The van der Waals surface area contributed by atoms with Crippen LogP contribution in [-0.4, -0.2) is 99.2 Å². The fourth-order valence-corrected chi connectivity index (χ4v) is 6.45. The molecule has 0 spiro atoms. The first kappa shape index (κ1) is 43.2. The zero-order valence-electron chi connectivity index (χ0n) is 31.3. The van der Waals surface area contributed by atoms with E-state index in [0.29, 0.717) is 37.7 Å². The molecule has 4 bridgehead atoms. The molecule has 3 aliphatic heterocycles. The molecule has 3 heterocycles. The summed E-state index contributed by atoms with van der Waals surface area (Å²) in [4.78, 5) is 25.3. The van der Waals surface area contributed by atoms with Crippen LogP contribution < -0.4 is 0 Å². The van der Waals surface area contributed by atoms with Crippen LogP contribution in [0.5, 0.6) is 0 Å². The van der Waals surface area contributed by atoms with Gasteiger partial charge in [-0.25, -0.2) is 9.59 Å². The van der Waals surface area contributed by atoms with Crippen molar-refractivity contribution in [1.29, 1.82) is 0 Å². The first-order valence-electron chi connectivity index (χ1n) is 18.3. The Morgan fingerprint density at radius 3 is 2.56 bits per heavy atom. The third-order valence-corrected chi connectivity index (χ3v) is 9.98. The van der Waals surface area contributed by atoms with Gasteiger partial charge in [-0.15, -0.1) is 0 Å². The molecule has 0 saturated carbocycles. The quantitative estimate of drug-likeness (QED) is 0.114. The van der Waals surface area contributed by atoms with Crippen molar-refractivity contribution in [2.75, 3.05) is 13.2 Å². The smallest absolute Gasteiger partial charge is 0.335 e. The van der Waals surface area contributed by atoms with Gasteiger partial charge in [0.2, 0.25) is 0 Å². The van der Waals surface area contributed by atoms with Crippen molar-refractivity contribution in [3.8, 4) is 0 Å². The molecule has 2 unspecified atom stereocenters. The zero-order chi connectivity index (χ0) is 38.5. The molecule has 11 nitrogen and oxygen atoms in total. The largest absolute Gasteiger partial charge is 0.459 e. The average Bonchev–Trinajstić information content (AvgIpc) is 3.07. The lowest BCUT2D eigenvalue weighted by Gasteiger charge is -2.47. The maximum absolute atomic E-state index is 13.0. The third-order valence-electron chi connectivity index (χ3n) is 9.98. The van der Waals surface area contributed by atoms with Crippen LogP contribution in [0.4, 0.5) is 0 Å². The van der Waals surface area contributed by atoms with Gasteiger partial charge in [0.1, 0.15) is 12.7 Å². The fraction of sp³-hybridized carbons (Fsp3) is 0.610. The Kier molecular flexibility index (Phi) is 16.9. The first-order valence-corrected chi connectivity index (χ1v) is 18.3. The second-order valence-electron chi connectivity index (χ2n) is 15.0. The summed E-state index contributed by atoms with van der Waals surface area (Å²) in [6.45, 7) is 12.7. The second kappa shape index (κ2) is 20.3.